The first-order valence-electron chi connectivity index (χ1n) is 7.80. The fraction of sp³-hybridized carbons (Fsp3) is 0.588. The Morgan fingerprint density at radius 2 is 2.00 bits per heavy atom. The number of piperidine rings is 1. The first-order chi connectivity index (χ1) is 9.66. The van der Waals surface area contributed by atoms with Crippen LogP contribution < -0.4 is 5.32 Å². The van der Waals surface area contributed by atoms with E-state index in [1.807, 2.05) is 12.1 Å². The summed E-state index contributed by atoms with van der Waals surface area (Å²) in [4.78, 5) is 15.1. The molecule has 1 fully saturated rings. The monoisotopic (exact) mass is 272 g/mol. The number of likely N-dealkylation sites (tertiary alicyclic amines) is 1. The van der Waals surface area contributed by atoms with Crippen LogP contribution in [0.25, 0.3) is 0 Å². The lowest BCUT2D eigenvalue weighted by Gasteiger charge is -2.40. The summed E-state index contributed by atoms with van der Waals surface area (Å²) in [6, 6.07) is 8.64. The fourth-order valence-corrected chi connectivity index (χ4v) is 3.52. The molecule has 0 spiro atoms. The summed E-state index contributed by atoms with van der Waals surface area (Å²) in [6.45, 7) is 6.26. The second-order valence-electron chi connectivity index (χ2n) is 6.38. The van der Waals surface area contributed by atoms with Crippen molar-refractivity contribution in [2.75, 3.05) is 18.4 Å². The van der Waals surface area contributed by atoms with Gasteiger partial charge in [-0.15, -0.1) is 0 Å². The molecule has 3 atom stereocenters. The molecule has 20 heavy (non-hydrogen) atoms. The van der Waals surface area contributed by atoms with Crippen molar-refractivity contribution in [2.24, 2.45) is 5.92 Å². The first-order valence-corrected chi connectivity index (χ1v) is 7.80. The molecule has 0 bridgehead atoms. The summed E-state index contributed by atoms with van der Waals surface area (Å²) in [5, 5.41) is 3.40. The van der Waals surface area contributed by atoms with Crippen LogP contribution in [0.1, 0.15) is 44.6 Å². The highest BCUT2D eigenvalue weighted by atomic mass is 16.2. The van der Waals surface area contributed by atoms with Gasteiger partial charge in [-0.1, -0.05) is 25.1 Å². The van der Waals surface area contributed by atoms with E-state index in [4.69, 9.17) is 0 Å². The van der Waals surface area contributed by atoms with Crippen LogP contribution in [0.15, 0.2) is 24.3 Å². The number of hydrogen-bond acceptors (Lipinski definition) is 2. The molecule has 3 heteroatoms. The van der Waals surface area contributed by atoms with E-state index in [0.717, 1.165) is 31.6 Å². The second kappa shape index (κ2) is 5.47. The molecule has 1 saturated heterocycles. The average molecular weight is 272 g/mol. The van der Waals surface area contributed by atoms with Gasteiger partial charge >= 0.3 is 0 Å². The summed E-state index contributed by atoms with van der Waals surface area (Å²) in [5.41, 5.74) is 2.31. The van der Waals surface area contributed by atoms with Crippen molar-refractivity contribution < 1.29 is 4.79 Å². The molecule has 3 unspecified atom stereocenters. The van der Waals surface area contributed by atoms with Crippen LogP contribution in [0.2, 0.25) is 0 Å². The third-order valence-electron chi connectivity index (χ3n) is 4.78. The van der Waals surface area contributed by atoms with Crippen molar-refractivity contribution in [1.82, 2.24) is 4.90 Å². The van der Waals surface area contributed by atoms with E-state index in [-0.39, 0.29) is 5.92 Å². The molecule has 3 rings (SSSR count). The van der Waals surface area contributed by atoms with Gasteiger partial charge in [-0.3, -0.25) is 4.79 Å². The summed E-state index contributed by atoms with van der Waals surface area (Å²) in [5.74, 6) is 1.00. The van der Waals surface area contributed by atoms with E-state index in [1.54, 1.807) is 0 Å². The Bertz CT molecular complexity index is 500. The van der Waals surface area contributed by atoms with Crippen LogP contribution in [0, 0.1) is 5.92 Å². The second-order valence-corrected chi connectivity index (χ2v) is 6.38. The lowest BCUT2D eigenvalue weighted by Crippen LogP contribution is -2.47. The number of amides is 1. The van der Waals surface area contributed by atoms with Gasteiger partial charge in [0.1, 0.15) is 0 Å². The van der Waals surface area contributed by atoms with E-state index in [2.05, 4.69) is 36.2 Å². The number of hydrogen-bond donors (Lipinski definition) is 1. The third-order valence-corrected chi connectivity index (χ3v) is 4.78. The number of carbonyl (C=O) groups is 1. The predicted molar refractivity (Wildman–Crippen MR) is 81.9 cm³/mol. The minimum absolute atomic E-state index is 0.0419. The quantitative estimate of drug-likeness (QED) is 0.851. The minimum atomic E-state index is 0.0419. The molecule has 2 heterocycles. The zero-order chi connectivity index (χ0) is 14.1. The van der Waals surface area contributed by atoms with Crippen LogP contribution in [-0.2, 0) is 4.79 Å². The summed E-state index contributed by atoms with van der Waals surface area (Å²) in [6.07, 6.45) is 3.29. The van der Waals surface area contributed by atoms with Crippen molar-refractivity contribution in [3.05, 3.63) is 29.8 Å². The smallest absolute Gasteiger partial charge is 0.230 e. The van der Waals surface area contributed by atoms with E-state index >= 15 is 0 Å². The molecule has 1 aromatic rings. The van der Waals surface area contributed by atoms with Gasteiger partial charge in [-0.05, 0) is 43.7 Å². The molecule has 0 radical (unpaired) electrons. The number of nitrogens with one attached hydrogen (secondary N) is 1. The van der Waals surface area contributed by atoms with E-state index < -0.39 is 0 Å². The number of benzene rings is 1. The van der Waals surface area contributed by atoms with Crippen LogP contribution in [-0.4, -0.2) is 29.9 Å². The van der Waals surface area contributed by atoms with Gasteiger partial charge < -0.3 is 10.2 Å². The maximum absolute atomic E-state index is 13.0. The molecule has 0 aromatic heterocycles. The van der Waals surface area contributed by atoms with Gasteiger partial charge in [-0.2, -0.15) is 0 Å². The van der Waals surface area contributed by atoms with Gasteiger partial charge in [0, 0.05) is 24.8 Å². The highest BCUT2D eigenvalue weighted by Crippen LogP contribution is 2.34. The molecule has 0 aliphatic carbocycles. The van der Waals surface area contributed by atoms with Crippen LogP contribution in [0.5, 0.6) is 0 Å². The van der Waals surface area contributed by atoms with Crippen molar-refractivity contribution in [3.63, 3.8) is 0 Å². The topological polar surface area (TPSA) is 32.3 Å². The Morgan fingerprint density at radius 1 is 1.20 bits per heavy atom. The highest BCUT2D eigenvalue weighted by molar-refractivity contribution is 5.86. The number of para-hydroxylation sites is 1. The third kappa shape index (κ3) is 2.41. The zero-order valence-corrected chi connectivity index (χ0v) is 12.4. The largest absolute Gasteiger partial charge is 0.385 e. The van der Waals surface area contributed by atoms with E-state index in [0.29, 0.717) is 17.9 Å². The Morgan fingerprint density at radius 3 is 2.85 bits per heavy atom. The zero-order valence-electron chi connectivity index (χ0n) is 12.4. The molecule has 1 amide bonds. The molecular formula is C17H24N2O. The number of fused-ring (bicyclic) bond motifs is 1. The fourth-order valence-electron chi connectivity index (χ4n) is 3.52. The normalized spacial score (nSPS) is 29.5. The summed E-state index contributed by atoms with van der Waals surface area (Å²) < 4.78 is 0. The Hall–Kier alpha value is -1.51. The number of rotatable bonds is 1. The Labute approximate surface area is 121 Å². The van der Waals surface area contributed by atoms with Gasteiger partial charge in [0.2, 0.25) is 5.91 Å². The molecular weight excluding hydrogens is 248 g/mol. The van der Waals surface area contributed by atoms with Crippen LogP contribution in [0.3, 0.4) is 0 Å². The standard InChI is InChI=1S/C17H24N2O/c1-12-7-8-13(2)19(11-12)17(20)15-9-10-18-16-6-4-3-5-14(15)16/h3-6,12-13,15,18H,7-11H2,1-2H3. The molecule has 1 N–H and O–H groups in total. The van der Waals surface area contributed by atoms with Crippen molar-refractivity contribution in [3.8, 4) is 0 Å². The summed E-state index contributed by atoms with van der Waals surface area (Å²) >= 11 is 0. The first kappa shape index (κ1) is 13.5. The summed E-state index contributed by atoms with van der Waals surface area (Å²) in [7, 11) is 0. The molecule has 1 aromatic carbocycles. The van der Waals surface area contributed by atoms with Gasteiger partial charge in [0.15, 0.2) is 0 Å². The molecule has 108 valence electrons. The molecule has 2 aliphatic rings. The van der Waals surface area contributed by atoms with Crippen molar-refractivity contribution in [1.29, 1.82) is 0 Å². The SMILES string of the molecule is CC1CCC(C)N(C(=O)C2CCNc3ccccc32)C1. The lowest BCUT2D eigenvalue weighted by molar-refractivity contribution is -0.137. The highest BCUT2D eigenvalue weighted by Gasteiger charge is 2.34. The Kier molecular flexibility index (Phi) is 3.68. The predicted octanol–water partition coefficient (Wildman–Crippen LogP) is 3.23. The Balaban J connectivity index is 1.84. The number of carbonyl (C=O) groups excluding carboxylic acids is 1. The average Bonchev–Trinajstić information content (AvgIpc) is 2.48. The van der Waals surface area contributed by atoms with Crippen LogP contribution >= 0.6 is 0 Å². The maximum atomic E-state index is 13.0. The van der Waals surface area contributed by atoms with Crippen molar-refractivity contribution in [2.45, 2.75) is 45.1 Å². The number of nitrogens with zero attached hydrogens (tertiary/aromatic N) is 1. The number of anilines is 1. The molecule has 2 aliphatic heterocycles. The van der Waals surface area contributed by atoms with Crippen LogP contribution in [0.4, 0.5) is 5.69 Å². The molecule has 3 nitrogen and oxygen atoms in total. The van der Waals surface area contributed by atoms with E-state index in [1.165, 1.54) is 12.0 Å². The van der Waals surface area contributed by atoms with Gasteiger partial charge in [0.05, 0.1) is 5.92 Å². The van der Waals surface area contributed by atoms with E-state index in [9.17, 15) is 4.79 Å². The molecule has 0 saturated carbocycles. The maximum Gasteiger partial charge on any atom is 0.230 e. The lowest BCUT2D eigenvalue weighted by atomic mass is 9.87. The minimum Gasteiger partial charge on any atom is -0.385 e. The van der Waals surface area contributed by atoms with Gasteiger partial charge in [0.25, 0.3) is 0 Å². The van der Waals surface area contributed by atoms with Gasteiger partial charge in [-0.25, -0.2) is 0 Å². The van der Waals surface area contributed by atoms with Crippen molar-refractivity contribution >= 4 is 11.6 Å².